The number of primary amides is 1. The number of carbonyl (C=O) groups is 1. The van der Waals surface area contributed by atoms with E-state index >= 15 is 0 Å². The molecule has 0 saturated heterocycles. The van der Waals surface area contributed by atoms with E-state index in [9.17, 15) is 4.79 Å². The third-order valence-electron chi connectivity index (χ3n) is 4.76. The van der Waals surface area contributed by atoms with Gasteiger partial charge in [-0.3, -0.25) is 4.79 Å². The lowest BCUT2D eigenvalue weighted by Crippen LogP contribution is -2.54. The molecule has 23 heavy (non-hydrogen) atoms. The molecule has 5 nitrogen and oxygen atoms in total. The molecule has 1 aromatic carbocycles. The number of hydrogen-bond donors (Lipinski definition) is 2. The van der Waals surface area contributed by atoms with Crippen LogP contribution in [0.2, 0.25) is 0 Å². The third kappa shape index (κ3) is 3.42. The summed E-state index contributed by atoms with van der Waals surface area (Å²) in [7, 11) is 0. The highest BCUT2D eigenvalue weighted by molar-refractivity contribution is 7.80. The summed E-state index contributed by atoms with van der Waals surface area (Å²) in [6.07, 6.45) is 4.19. The van der Waals surface area contributed by atoms with E-state index in [0.717, 1.165) is 12.1 Å². The van der Waals surface area contributed by atoms with Crippen LogP contribution in [-0.2, 0) is 4.79 Å². The quantitative estimate of drug-likeness (QED) is 0.812. The van der Waals surface area contributed by atoms with Crippen molar-refractivity contribution >= 4 is 28.9 Å². The summed E-state index contributed by atoms with van der Waals surface area (Å²) in [5.74, 6) is 0.770. The first-order valence-electron chi connectivity index (χ1n) is 8.19. The van der Waals surface area contributed by atoms with E-state index in [4.69, 9.17) is 22.7 Å². The standard InChI is InChI=1S/C17H23N3O2S/c1-11-6-2-3-7-12(11)19-17(23)20-10-15(16(18)21)22-14-9-5-4-8-13(14)20/h4-5,8-9,11-12,15H,2-3,6-7,10H2,1H3,(H2,18,21)(H,19,23)/t11-,12-,15-/m0/s1. The van der Waals surface area contributed by atoms with Gasteiger partial charge in [0.2, 0.25) is 0 Å². The molecule has 1 aliphatic carbocycles. The first-order chi connectivity index (χ1) is 11.1. The second-order valence-corrected chi connectivity index (χ2v) is 6.79. The molecule has 0 bridgehead atoms. The molecule has 1 saturated carbocycles. The molecule has 1 amide bonds. The number of hydrogen-bond acceptors (Lipinski definition) is 3. The van der Waals surface area contributed by atoms with Crippen molar-refractivity contribution in [2.75, 3.05) is 11.4 Å². The fourth-order valence-electron chi connectivity index (χ4n) is 3.34. The molecule has 1 fully saturated rings. The zero-order valence-corrected chi connectivity index (χ0v) is 14.1. The van der Waals surface area contributed by atoms with E-state index in [1.54, 1.807) is 0 Å². The van der Waals surface area contributed by atoms with Crippen molar-refractivity contribution in [1.82, 2.24) is 5.32 Å². The zero-order valence-electron chi connectivity index (χ0n) is 13.3. The molecule has 3 rings (SSSR count). The third-order valence-corrected chi connectivity index (χ3v) is 5.09. The van der Waals surface area contributed by atoms with Gasteiger partial charge in [0.05, 0.1) is 12.2 Å². The van der Waals surface area contributed by atoms with Crippen molar-refractivity contribution in [3.63, 3.8) is 0 Å². The molecule has 0 unspecified atom stereocenters. The molecule has 3 atom stereocenters. The Morgan fingerprint density at radius 1 is 1.35 bits per heavy atom. The van der Waals surface area contributed by atoms with Gasteiger partial charge in [-0.25, -0.2) is 0 Å². The van der Waals surface area contributed by atoms with Gasteiger partial charge in [-0.1, -0.05) is 31.9 Å². The number of fused-ring (bicyclic) bond motifs is 1. The summed E-state index contributed by atoms with van der Waals surface area (Å²) in [5.41, 5.74) is 6.32. The minimum Gasteiger partial charge on any atom is -0.477 e. The Balaban J connectivity index is 1.79. The normalized spacial score (nSPS) is 26.8. The van der Waals surface area contributed by atoms with Crippen LogP contribution in [0.4, 0.5) is 5.69 Å². The smallest absolute Gasteiger partial charge is 0.260 e. The second-order valence-electron chi connectivity index (χ2n) is 6.40. The Labute approximate surface area is 142 Å². The fourth-order valence-corrected chi connectivity index (χ4v) is 3.67. The van der Waals surface area contributed by atoms with Crippen molar-refractivity contribution in [2.24, 2.45) is 11.7 Å². The number of amides is 1. The maximum atomic E-state index is 11.6. The van der Waals surface area contributed by atoms with E-state index in [1.165, 1.54) is 19.3 Å². The minimum absolute atomic E-state index is 0.347. The first-order valence-corrected chi connectivity index (χ1v) is 8.60. The highest BCUT2D eigenvalue weighted by atomic mass is 32.1. The SMILES string of the molecule is C[C@H]1CCCC[C@@H]1NC(=S)N1C[C@@H](C(N)=O)Oc2ccccc21. The lowest BCUT2D eigenvalue weighted by molar-refractivity contribution is -0.124. The molecule has 124 valence electrons. The highest BCUT2D eigenvalue weighted by Crippen LogP contribution is 2.33. The summed E-state index contributed by atoms with van der Waals surface area (Å²) in [6.45, 7) is 2.61. The molecule has 0 radical (unpaired) electrons. The number of nitrogens with one attached hydrogen (secondary N) is 1. The monoisotopic (exact) mass is 333 g/mol. The van der Waals surface area contributed by atoms with E-state index in [2.05, 4.69) is 12.2 Å². The average Bonchev–Trinajstić information content (AvgIpc) is 2.55. The number of nitrogens with two attached hydrogens (primary N) is 1. The summed E-state index contributed by atoms with van der Waals surface area (Å²) in [6, 6.07) is 7.98. The van der Waals surface area contributed by atoms with Crippen LogP contribution in [0.3, 0.4) is 0 Å². The van der Waals surface area contributed by atoms with Gasteiger partial charge in [0.1, 0.15) is 5.75 Å². The molecule has 1 aromatic rings. The van der Waals surface area contributed by atoms with Gasteiger partial charge >= 0.3 is 0 Å². The topological polar surface area (TPSA) is 67.6 Å². The lowest BCUT2D eigenvalue weighted by Gasteiger charge is -2.38. The second kappa shape index (κ2) is 6.74. The average molecular weight is 333 g/mol. The molecule has 2 aliphatic rings. The van der Waals surface area contributed by atoms with E-state index in [0.29, 0.717) is 29.4 Å². The number of carbonyl (C=O) groups excluding carboxylic acids is 1. The Morgan fingerprint density at radius 2 is 2.09 bits per heavy atom. The summed E-state index contributed by atoms with van der Waals surface area (Å²) in [4.78, 5) is 13.5. The maximum absolute atomic E-state index is 11.6. The van der Waals surface area contributed by atoms with Gasteiger partial charge in [-0.05, 0) is 43.1 Å². The van der Waals surface area contributed by atoms with Crippen molar-refractivity contribution in [3.05, 3.63) is 24.3 Å². The summed E-state index contributed by atoms with van der Waals surface area (Å²) in [5, 5.41) is 4.13. The van der Waals surface area contributed by atoms with Gasteiger partial charge in [0.15, 0.2) is 11.2 Å². The van der Waals surface area contributed by atoms with Crippen LogP contribution < -0.4 is 20.7 Å². The summed E-state index contributed by atoms with van der Waals surface area (Å²) >= 11 is 5.63. The number of anilines is 1. The van der Waals surface area contributed by atoms with E-state index in [-0.39, 0.29) is 0 Å². The van der Waals surface area contributed by atoms with Gasteiger partial charge in [-0.15, -0.1) is 0 Å². The van der Waals surface area contributed by atoms with Crippen LogP contribution in [0.25, 0.3) is 0 Å². The zero-order chi connectivity index (χ0) is 16.4. The van der Waals surface area contributed by atoms with Crippen LogP contribution in [0.15, 0.2) is 24.3 Å². The van der Waals surface area contributed by atoms with Crippen molar-refractivity contribution < 1.29 is 9.53 Å². The van der Waals surface area contributed by atoms with Crippen LogP contribution in [0, 0.1) is 5.92 Å². The number of para-hydroxylation sites is 2. The van der Waals surface area contributed by atoms with E-state index < -0.39 is 12.0 Å². The van der Waals surface area contributed by atoms with Crippen LogP contribution >= 0.6 is 12.2 Å². The van der Waals surface area contributed by atoms with Gasteiger partial charge in [-0.2, -0.15) is 0 Å². The number of rotatable bonds is 2. The Bertz CT molecular complexity index is 607. The molecular weight excluding hydrogens is 310 g/mol. The van der Waals surface area contributed by atoms with Crippen molar-refractivity contribution in [1.29, 1.82) is 0 Å². The Morgan fingerprint density at radius 3 is 2.83 bits per heavy atom. The van der Waals surface area contributed by atoms with Crippen LogP contribution in [-0.4, -0.2) is 29.7 Å². The molecule has 3 N–H and O–H groups in total. The van der Waals surface area contributed by atoms with Crippen LogP contribution in [0.5, 0.6) is 5.75 Å². The summed E-state index contributed by atoms with van der Waals surface area (Å²) < 4.78 is 5.68. The molecule has 0 aromatic heterocycles. The van der Waals surface area contributed by atoms with Crippen molar-refractivity contribution in [2.45, 2.75) is 44.8 Å². The van der Waals surface area contributed by atoms with Gasteiger partial charge in [0, 0.05) is 6.04 Å². The fraction of sp³-hybridized carbons (Fsp3) is 0.529. The molecule has 6 heteroatoms. The maximum Gasteiger partial charge on any atom is 0.260 e. The van der Waals surface area contributed by atoms with Crippen LogP contribution in [0.1, 0.15) is 32.6 Å². The predicted molar refractivity (Wildman–Crippen MR) is 94.6 cm³/mol. The first kappa shape index (κ1) is 16.1. The Hall–Kier alpha value is -1.82. The van der Waals surface area contributed by atoms with Crippen molar-refractivity contribution in [3.8, 4) is 5.75 Å². The molecule has 1 heterocycles. The van der Waals surface area contributed by atoms with Gasteiger partial charge < -0.3 is 20.7 Å². The Kier molecular flexibility index (Phi) is 4.71. The highest BCUT2D eigenvalue weighted by Gasteiger charge is 2.32. The predicted octanol–water partition coefficient (Wildman–Crippen LogP) is 2.19. The van der Waals surface area contributed by atoms with Gasteiger partial charge in [0.25, 0.3) is 5.91 Å². The molecule has 1 aliphatic heterocycles. The number of thiocarbonyl (C=S) groups is 1. The number of ether oxygens (including phenoxy) is 1. The number of nitrogens with zero attached hydrogens (tertiary/aromatic N) is 1. The van der Waals surface area contributed by atoms with E-state index in [1.807, 2.05) is 29.2 Å². The largest absolute Gasteiger partial charge is 0.477 e. The number of benzene rings is 1. The minimum atomic E-state index is -0.687. The molecule has 0 spiro atoms. The lowest BCUT2D eigenvalue weighted by atomic mass is 9.86. The molecular formula is C17H23N3O2S.